The molecular formula is C20H15ClN5O2S+. The molecule has 3 N–H and O–H groups in total. The van der Waals surface area contributed by atoms with E-state index in [-0.39, 0.29) is 11.5 Å². The van der Waals surface area contributed by atoms with Crippen LogP contribution < -0.4 is 20.9 Å². The summed E-state index contributed by atoms with van der Waals surface area (Å²) in [6, 6.07) is 12.5. The van der Waals surface area contributed by atoms with Crippen LogP contribution in [0.3, 0.4) is 0 Å². The number of halogens is 1. The average Bonchev–Trinajstić information content (AvgIpc) is 2.98. The third-order valence-electron chi connectivity index (χ3n) is 4.94. The van der Waals surface area contributed by atoms with Gasteiger partial charge in [-0.2, -0.15) is 0 Å². The summed E-state index contributed by atoms with van der Waals surface area (Å²) in [5.74, 6) is 0.224. The Balaban J connectivity index is 1.87. The zero-order chi connectivity index (χ0) is 20.2. The first kappa shape index (κ1) is 18.0. The smallest absolute Gasteiger partial charge is 0.317 e. The van der Waals surface area contributed by atoms with Crippen LogP contribution in [-0.2, 0) is 10.5 Å². The van der Waals surface area contributed by atoms with Gasteiger partial charge in [0.15, 0.2) is 0 Å². The average molecular weight is 425 g/mol. The van der Waals surface area contributed by atoms with Crippen LogP contribution in [-0.4, -0.2) is 21.7 Å². The summed E-state index contributed by atoms with van der Waals surface area (Å²) in [4.78, 5) is 29.2. The summed E-state index contributed by atoms with van der Waals surface area (Å²) in [6.07, 6.45) is 1.72. The first-order chi connectivity index (χ1) is 14.0. The predicted octanol–water partition coefficient (Wildman–Crippen LogP) is 2.73. The number of benzene rings is 2. The van der Waals surface area contributed by atoms with Crippen molar-refractivity contribution in [2.75, 3.05) is 16.4 Å². The number of amides is 1. The predicted molar refractivity (Wildman–Crippen MR) is 112 cm³/mol. The molecule has 0 saturated heterocycles. The Labute approximate surface area is 174 Å². The summed E-state index contributed by atoms with van der Waals surface area (Å²) in [7, 11) is 0. The minimum absolute atomic E-state index is 0.297. The highest BCUT2D eigenvalue weighted by Crippen LogP contribution is 2.42. The van der Waals surface area contributed by atoms with E-state index in [9.17, 15) is 9.59 Å². The molecule has 3 aromatic rings. The first-order valence-corrected chi connectivity index (χ1v) is 10.2. The molecule has 5 rings (SSSR count). The number of aromatic amines is 1. The monoisotopic (exact) mass is 424 g/mol. The number of anilines is 2. The molecule has 0 bridgehead atoms. The van der Waals surface area contributed by atoms with Crippen molar-refractivity contribution in [2.24, 2.45) is 0 Å². The van der Waals surface area contributed by atoms with E-state index in [2.05, 4.69) is 27.3 Å². The molecule has 7 nitrogen and oxygen atoms in total. The molecule has 2 aliphatic heterocycles. The van der Waals surface area contributed by atoms with Gasteiger partial charge in [0, 0.05) is 15.9 Å². The van der Waals surface area contributed by atoms with E-state index in [0.29, 0.717) is 44.1 Å². The second kappa shape index (κ2) is 6.47. The fourth-order valence-electron chi connectivity index (χ4n) is 3.74. The number of aromatic nitrogens is 3. The van der Waals surface area contributed by atoms with Crippen molar-refractivity contribution in [1.82, 2.24) is 10.1 Å². The highest BCUT2D eigenvalue weighted by Gasteiger charge is 2.62. The maximum atomic E-state index is 13.3. The molecule has 1 aromatic heterocycles. The van der Waals surface area contributed by atoms with E-state index >= 15 is 0 Å². The summed E-state index contributed by atoms with van der Waals surface area (Å²) >= 11 is 7.58. The summed E-state index contributed by atoms with van der Waals surface area (Å²) < 4.78 is 1.47. The summed E-state index contributed by atoms with van der Waals surface area (Å²) in [5.41, 5.74) is 1.08. The Kier molecular flexibility index (Phi) is 4.01. The fourth-order valence-corrected chi connectivity index (χ4v) is 4.49. The van der Waals surface area contributed by atoms with Gasteiger partial charge in [0.1, 0.15) is 0 Å². The van der Waals surface area contributed by atoms with Crippen LogP contribution in [0.2, 0.25) is 5.02 Å². The maximum Gasteiger partial charge on any atom is 0.374 e. The summed E-state index contributed by atoms with van der Waals surface area (Å²) in [5, 5.41) is 11.7. The highest BCUT2D eigenvalue weighted by molar-refractivity contribution is 7.99. The molecule has 3 heterocycles. The van der Waals surface area contributed by atoms with Gasteiger partial charge in [0.2, 0.25) is 5.16 Å². The minimum atomic E-state index is -1.43. The standard InChI is InChI=1S/C20H14ClN5O2S/c1-2-9-29-19-23-17(27)16-12-5-3-4-6-14(12)24-20(26(16)25-19)13-10-11(21)7-8-15(13)22-18(20)28/h2-8,10H,1,9H2,(H2,22,23,25,27,28)/p+1/t20-/m1/s1. The quantitative estimate of drug-likeness (QED) is 0.341. The molecule has 1 amide bonds. The molecule has 0 fully saturated rings. The summed E-state index contributed by atoms with van der Waals surface area (Å²) in [6.45, 7) is 3.70. The third kappa shape index (κ3) is 2.53. The number of hydrogen-bond donors (Lipinski definition) is 3. The Hall–Kier alpha value is -3.10. The Morgan fingerprint density at radius 2 is 2.03 bits per heavy atom. The number of fused-ring (bicyclic) bond motifs is 6. The van der Waals surface area contributed by atoms with Crippen LogP contribution in [0.15, 0.2) is 65.1 Å². The number of carbonyl (C=O) groups is 1. The van der Waals surface area contributed by atoms with Crippen molar-refractivity contribution in [1.29, 1.82) is 0 Å². The van der Waals surface area contributed by atoms with Gasteiger partial charge in [-0.15, -0.1) is 6.58 Å². The maximum absolute atomic E-state index is 13.3. The van der Waals surface area contributed by atoms with Crippen LogP contribution in [0.1, 0.15) is 5.56 Å². The topological polar surface area (TPSA) is 90.8 Å². The Morgan fingerprint density at radius 1 is 1.21 bits per heavy atom. The molecule has 144 valence electrons. The highest BCUT2D eigenvalue weighted by atomic mass is 35.5. The van der Waals surface area contributed by atoms with E-state index in [1.807, 2.05) is 24.3 Å². The van der Waals surface area contributed by atoms with Gasteiger partial charge in [0.25, 0.3) is 0 Å². The lowest BCUT2D eigenvalue weighted by atomic mass is 9.95. The van der Waals surface area contributed by atoms with Crippen molar-refractivity contribution in [3.8, 4) is 11.3 Å². The molecule has 2 aromatic carbocycles. The van der Waals surface area contributed by atoms with Gasteiger partial charge in [-0.25, -0.2) is 0 Å². The molecule has 0 unspecified atom stereocenters. The number of nitrogens with zero attached hydrogens (tertiary/aromatic N) is 2. The lowest BCUT2D eigenvalue weighted by molar-refractivity contribution is -0.781. The number of para-hydroxylation sites is 1. The molecule has 29 heavy (non-hydrogen) atoms. The van der Waals surface area contributed by atoms with Crippen molar-refractivity contribution < 1.29 is 9.48 Å². The van der Waals surface area contributed by atoms with Crippen LogP contribution in [0, 0.1) is 0 Å². The molecular weight excluding hydrogens is 410 g/mol. The van der Waals surface area contributed by atoms with Crippen LogP contribution in [0.25, 0.3) is 11.3 Å². The number of carbonyl (C=O) groups excluding carboxylic acids is 1. The fraction of sp³-hybridized carbons (Fsp3) is 0.100. The largest absolute Gasteiger partial charge is 0.374 e. The van der Waals surface area contributed by atoms with E-state index in [4.69, 9.17) is 11.6 Å². The molecule has 2 aliphatic rings. The van der Waals surface area contributed by atoms with Crippen molar-refractivity contribution in [3.05, 3.63) is 76.1 Å². The number of hydrogen-bond acceptors (Lipinski definition) is 5. The Morgan fingerprint density at radius 3 is 2.86 bits per heavy atom. The van der Waals surface area contributed by atoms with Gasteiger partial charge in [-0.05, 0) is 35.0 Å². The van der Waals surface area contributed by atoms with Gasteiger partial charge in [0.05, 0.1) is 22.5 Å². The minimum Gasteiger partial charge on any atom is -0.317 e. The van der Waals surface area contributed by atoms with E-state index in [1.165, 1.54) is 16.4 Å². The number of rotatable bonds is 3. The molecule has 1 atom stereocenters. The van der Waals surface area contributed by atoms with Crippen molar-refractivity contribution in [3.63, 3.8) is 0 Å². The van der Waals surface area contributed by atoms with Gasteiger partial charge in [-0.1, -0.05) is 41.6 Å². The number of thioether (sulfide) groups is 1. The van der Waals surface area contributed by atoms with Crippen LogP contribution in [0.4, 0.5) is 11.4 Å². The number of H-pyrrole nitrogens is 1. The lowest BCUT2D eigenvalue weighted by Crippen LogP contribution is -2.71. The van der Waals surface area contributed by atoms with Crippen molar-refractivity contribution >= 4 is 40.6 Å². The Bertz CT molecular complexity index is 1260. The second-order valence-electron chi connectivity index (χ2n) is 6.64. The second-order valence-corrected chi connectivity index (χ2v) is 8.09. The lowest BCUT2D eigenvalue weighted by Gasteiger charge is -2.28. The zero-order valence-corrected chi connectivity index (χ0v) is 16.6. The normalized spacial score (nSPS) is 18.4. The van der Waals surface area contributed by atoms with Gasteiger partial charge >= 0.3 is 22.8 Å². The van der Waals surface area contributed by atoms with Crippen LogP contribution >= 0.6 is 23.4 Å². The van der Waals surface area contributed by atoms with Gasteiger partial charge in [-0.3, -0.25) is 14.6 Å². The number of nitrogens with one attached hydrogen (secondary N) is 3. The van der Waals surface area contributed by atoms with Gasteiger partial charge < -0.3 is 10.6 Å². The molecule has 0 saturated carbocycles. The SMILES string of the molecule is C=CCSc1n[n+]2c(c(=O)[nH]1)-c1ccccc1N[C@@]21C(=O)Nc2ccc(Cl)cc21. The molecule has 9 heteroatoms. The van der Waals surface area contributed by atoms with E-state index in [0.717, 1.165) is 0 Å². The van der Waals surface area contributed by atoms with E-state index in [1.54, 1.807) is 24.3 Å². The molecule has 0 radical (unpaired) electrons. The third-order valence-corrected chi connectivity index (χ3v) is 6.03. The molecule has 1 spiro atoms. The van der Waals surface area contributed by atoms with Crippen LogP contribution in [0.5, 0.6) is 0 Å². The zero-order valence-electron chi connectivity index (χ0n) is 15.0. The van der Waals surface area contributed by atoms with Crippen molar-refractivity contribution in [2.45, 2.75) is 10.8 Å². The first-order valence-electron chi connectivity index (χ1n) is 8.84. The van der Waals surface area contributed by atoms with E-state index < -0.39 is 5.66 Å². The molecule has 0 aliphatic carbocycles.